The monoisotopic (exact) mass is 316 g/mol. The second kappa shape index (κ2) is 6.13. The van der Waals surface area contributed by atoms with Gasteiger partial charge in [0.15, 0.2) is 11.8 Å². The molecular formula is C17H28N6. The normalized spacial score (nSPS) is 28.1. The third kappa shape index (κ3) is 3.21. The van der Waals surface area contributed by atoms with Gasteiger partial charge in [0.1, 0.15) is 12.4 Å². The molecule has 6 heteroatoms. The molecule has 6 nitrogen and oxygen atoms in total. The highest BCUT2D eigenvalue weighted by Crippen LogP contribution is 2.36. The molecule has 2 heterocycles. The van der Waals surface area contributed by atoms with Gasteiger partial charge in [-0.05, 0) is 44.4 Å². The standard InChI is InChI=1S/C17H28N6/c1-12-20-21-16(22(12)2)9-18-17(19-15-7-8-15)23-10-13-5-3-4-6-14(13)11-23/h13-15H,3-11H2,1-2H3,(H,18,19). The zero-order valence-electron chi connectivity index (χ0n) is 14.3. The Morgan fingerprint density at radius 1 is 1.13 bits per heavy atom. The van der Waals surface area contributed by atoms with Gasteiger partial charge in [-0.1, -0.05) is 12.8 Å². The fourth-order valence-corrected chi connectivity index (χ4v) is 3.96. The van der Waals surface area contributed by atoms with Crippen LogP contribution in [0.4, 0.5) is 0 Å². The Bertz CT molecular complexity index is 574. The minimum absolute atomic E-state index is 0.609. The molecule has 126 valence electrons. The van der Waals surface area contributed by atoms with Crippen molar-refractivity contribution >= 4 is 5.96 Å². The molecule has 2 saturated carbocycles. The number of aromatic nitrogens is 3. The Morgan fingerprint density at radius 2 is 1.83 bits per heavy atom. The number of rotatable bonds is 3. The van der Waals surface area contributed by atoms with Gasteiger partial charge < -0.3 is 14.8 Å². The second-order valence-corrected chi connectivity index (χ2v) is 7.49. The Balaban J connectivity index is 1.48. The summed E-state index contributed by atoms with van der Waals surface area (Å²) >= 11 is 0. The first-order chi connectivity index (χ1) is 11.2. The smallest absolute Gasteiger partial charge is 0.194 e. The molecule has 1 N–H and O–H groups in total. The van der Waals surface area contributed by atoms with Crippen molar-refractivity contribution in [3.05, 3.63) is 11.6 Å². The Kier molecular flexibility index (Phi) is 3.99. The summed E-state index contributed by atoms with van der Waals surface area (Å²) in [7, 11) is 2.01. The fourth-order valence-electron chi connectivity index (χ4n) is 3.96. The lowest BCUT2D eigenvalue weighted by Gasteiger charge is -2.22. The molecule has 0 amide bonds. The third-order valence-corrected chi connectivity index (χ3v) is 5.74. The Hall–Kier alpha value is -1.59. The molecule has 2 aliphatic carbocycles. The molecule has 0 radical (unpaired) electrons. The van der Waals surface area contributed by atoms with Crippen LogP contribution in [0, 0.1) is 18.8 Å². The number of hydrogen-bond acceptors (Lipinski definition) is 3. The Morgan fingerprint density at radius 3 is 2.39 bits per heavy atom. The molecule has 3 aliphatic rings. The van der Waals surface area contributed by atoms with Crippen LogP contribution in [0.2, 0.25) is 0 Å². The minimum atomic E-state index is 0.609. The van der Waals surface area contributed by atoms with Crippen molar-refractivity contribution in [2.45, 2.75) is 58.0 Å². The summed E-state index contributed by atoms with van der Waals surface area (Å²) < 4.78 is 2.03. The van der Waals surface area contributed by atoms with E-state index >= 15 is 0 Å². The van der Waals surface area contributed by atoms with Crippen LogP contribution in [-0.4, -0.2) is 44.8 Å². The van der Waals surface area contributed by atoms with Gasteiger partial charge in [0, 0.05) is 26.2 Å². The van der Waals surface area contributed by atoms with Crippen molar-refractivity contribution in [2.24, 2.45) is 23.9 Å². The maximum absolute atomic E-state index is 4.90. The lowest BCUT2D eigenvalue weighted by molar-refractivity contribution is 0.299. The predicted octanol–water partition coefficient (Wildman–Crippen LogP) is 1.85. The average Bonchev–Trinajstić information content (AvgIpc) is 3.18. The molecule has 1 aromatic heterocycles. The van der Waals surface area contributed by atoms with Crippen molar-refractivity contribution in [3.63, 3.8) is 0 Å². The van der Waals surface area contributed by atoms with E-state index in [-0.39, 0.29) is 0 Å². The van der Waals surface area contributed by atoms with Gasteiger partial charge in [0.2, 0.25) is 0 Å². The maximum atomic E-state index is 4.90. The zero-order valence-corrected chi connectivity index (χ0v) is 14.3. The maximum Gasteiger partial charge on any atom is 0.194 e. The van der Waals surface area contributed by atoms with Crippen molar-refractivity contribution in [3.8, 4) is 0 Å². The van der Waals surface area contributed by atoms with E-state index in [4.69, 9.17) is 4.99 Å². The highest BCUT2D eigenvalue weighted by Gasteiger charge is 2.36. The minimum Gasteiger partial charge on any atom is -0.353 e. The fraction of sp³-hybridized carbons (Fsp3) is 0.824. The molecule has 2 atom stereocenters. The van der Waals surface area contributed by atoms with E-state index in [1.807, 2.05) is 18.5 Å². The van der Waals surface area contributed by atoms with Gasteiger partial charge in [-0.2, -0.15) is 0 Å². The number of nitrogens with one attached hydrogen (secondary N) is 1. The summed E-state index contributed by atoms with van der Waals surface area (Å²) in [5.41, 5.74) is 0. The molecule has 4 rings (SSSR count). The van der Waals surface area contributed by atoms with Gasteiger partial charge in [-0.15, -0.1) is 10.2 Å². The third-order valence-electron chi connectivity index (χ3n) is 5.74. The van der Waals surface area contributed by atoms with Gasteiger partial charge >= 0.3 is 0 Å². The molecule has 1 aromatic rings. The molecule has 3 fully saturated rings. The predicted molar refractivity (Wildman–Crippen MR) is 90.1 cm³/mol. The molecule has 1 saturated heterocycles. The van der Waals surface area contributed by atoms with Crippen LogP contribution >= 0.6 is 0 Å². The number of guanidine groups is 1. The first-order valence-corrected chi connectivity index (χ1v) is 9.11. The average molecular weight is 316 g/mol. The first kappa shape index (κ1) is 15.0. The number of fused-ring (bicyclic) bond motifs is 1. The van der Waals surface area contributed by atoms with E-state index in [1.54, 1.807) is 0 Å². The molecular weight excluding hydrogens is 288 g/mol. The molecule has 23 heavy (non-hydrogen) atoms. The number of aryl methyl sites for hydroxylation is 1. The quantitative estimate of drug-likeness (QED) is 0.683. The van der Waals surface area contributed by atoms with Crippen molar-refractivity contribution in [1.29, 1.82) is 0 Å². The topological polar surface area (TPSA) is 58.3 Å². The molecule has 0 spiro atoms. The van der Waals surface area contributed by atoms with E-state index in [9.17, 15) is 0 Å². The SMILES string of the molecule is Cc1nnc(CN=C(NC2CC2)N2CC3CCCCC3C2)n1C. The van der Waals surface area contributed by atoms with Gasteiger partial charge in [0.25, 0.3) is 0 Å². The lowest BCUT2D eigenvalue weighted by Crippen LogP contribution is -2.41. The number of likely N-dealkylation sites (tertiary alicyclic amines) is 1. The highest BCUT2D eigenvalue weighted by molar-refractivity contribution is 5.81. The van der Waals surface area contributed by atoms with Crippen LogP contribution in [0.25, 0.3) is 0 Å². The zero-order chi connectivity index (χ0) is 15.8. The van der Waals surface area contributed by atoms with Crippen molar-refractivity contribution in [1.82, 2.24) is 25.0 Å². The van der Waals surface area contributed by atoms with E-state index in [0.717, 1.165) is 29.4 Å². The van der Waals surface area contributed by atoms with E-state index < -0.39 is 0 Å². The van der Waals surface area contributed by atoms with Crippen LogP contribution in [0.5, 0.6) is 0 Å². The van der Waals surface area contributed by atoms with Gasteiger partial charge in [0.05, 0.1) is 0 Å². The summed E-state index contributed by atoms with van der Waals surface area (Å²) in [4.78, 5) is 7.40. The second-order valence-electron chi connectivity index (χ2n) is 7.49. The Labute approximate surface area is 138 Å². The van der Waals surface area contributed by atoms with Gasteiger partial charge in [-0.3, -0.25) is 0 Å². The first-order valence-electron chi connectivity index (χ1n) is 9.11. The largest absolute Gasteiger partial charge is 0.353 e. The van der Waals surface area contributed by atoms with E-state index in [0.29, 0.717) is 12.6 Å². The number of aliphatic imine (C=N–C) groups is 1. The summed E-state index contributed by atoms with van der Waals surface area (Å²) in [5.74, 6) is 4.75. The number of nitrogens with zero attached hydrogens (tertiary/aromatic N) is 5. The van der Waals surface area contributed by atoms with E-state index in [1.165, 1.54) is 51.6 Å². The van der Waals surface area contributed by atoms with E-state index in [2.05, 4.69) is 20.4 Å². The summed E-state index contributed by atoms with van der Waals surface area (Å²) in [5, 5.41) is 12.0. The van der Waals surface area contributed by atoms with Crippen LogP contribution < -0.4 is 5.32 Å². The van der Waals surface area contributed by atoms with Crippen LogP contribution in [0.15, 0.2) is 4.99 Å². The molecule has 0 aromatic carbocycles. The van der Waals surface area contributed by atoms with Crippen LogP contribution in [0.3, 0.4) is 0 Å². The molecule has 1 aliphatic heterocycles. The van der Waals surface area contributed by atoms with Crippen molar-refractivity contribution < 1.29 is 0 Å². The van der Waals surface area contributed by atoms with Crippen LogP contribution in [0.1, 0.15) is 50.2 Å². The molecule has 2 unspecified atom stereocenters. The summed E-state index contributed by atoms with van der Waals surface area (Å²) in [6, 6.07) is 0.637. The van der Waals surface area contributed by atoms with Crippen molar-refractivity contribution in [2.75, 3.05) is 13.1 Å². The highest BCUT2D eigenvalue weighted by atomic mass is 15.3. The van der Waals surface area contributed by atoms with Gasteiger partial charge in [-0.25, -0.2) is 4.99 Å². The summed E-state index contributed by atoms with van der Waals surface area (Å²) in [6.07, 6.45) is 8.19. The number of hydrogen-bond donors (Lipinski definition) is 1. The lowest BCUT2D eigenvalue weighted by atomic mass is 9.82. The summed E-state index contributed by atoms with van der Waals surface area (Å²) in [6.45, 7) is 4.95. The van der Waals surface area contributed by atoms with Crippen LogP contribution in [-0.2, 0) is 13.6 Å². The molecule has 0 bridgehead atoms.